The average Bonchev–Trinajstić information content (AvgIpc) is 3.39. The normalized spacial score (nSPS) is 36.3. The van der Waals surface area contributed by atoms with Crippen LogP contribution in [0.1, 0.15) is 124 Å². The summed E-state index contributed by atoms with van der Waals surface area (Å²) in [6, 6.07) is 5.05. The van der Waals surface area contributed by atoms with Crippen molar-refractivity contribution in [3.63, 3.8) is 0 Å². The number of pyridine rings is 1. The van der Waals surface area contributed by atoms with Gasteiger partial charge in [-0.05, 0) is 112 Å². The molecule has 0 saturated carbocycles. The molecule has 80 heavy (non-hydrogen) atoms. The van der Waals surface area contributed by atoms with Gasteiger partial charge in [0.2, 0.25) is 12.2 Å². The number of ether oxygens (including phenoxy) is 8. The largest absolute Gasteiger partial charge is 0.477 e. The third-order valence-electron chi connectivity index (χ3n) is 16.5. The van der Waals surface area contributed by atoms with Crippen molar-refractivity contribution in [1.82, 2.24) is 14.9 Å². The molecular weight excluding hydrogens is 1040 g/mol. The third-order valence-corrected chi connectivity index (χ3v) is 16.5. The Morgan fingerprint density at radius 1 is 0.925 bits per heavy atom. The summed E-state index contributed by atoms with van der Waals surface area (Å²) < 4.78 is 51.6. The molecule has 0 spiro atoms. The lowest BCUT2D eigenvalue weighted by Gasteiger charge is -2.49. The summed E-state index contributed by atoms with van der Waals surface area (Å²) in [7, 11) is 10.1. The number of aromatic carboxylic acids is 1. The molecule has 2 aromatic rings. The minimum atomic E-state index is -2.01. The number of fused-ring (bicyclic) bond motifs is 1. The molecule has 1 aromatic carbocycles. The lowest BCUT2D eigenvalue weighted by atomic mass is 9.73. The second-order valence-electron chi connectivity index (χ2n) is 23.4. The van der Waals surface area contributed by atoms with Gasteiger partial charge in [0.25, 0.3) is 0 Å². The summed E-state index contributed by atoms with van der Waals surface area (Å²) >= 11 is 0. The van der Waals surface area contributed by atoms with Crippen LogP contribution >= 0.6 is 0 Å². The SMILES string of the molecule is CC[C@H]1OC(=O)[C@H](C)[C@@H](O[C@H]2C[C@@](C)(OC)[C@@H](OC(=O)CCNCCCc3ccc4c(c3)c(=O)c(C(=O)O)cn4N(C)C)[C@H](C)O2)[C@H](C)[C@@H](O[C@@H]2O[C@H](C)C[C@H](N(C)C)[C@H]2O)[C@](C)(O)C[C@@H](C)C(=NOCOC)C(C)[C@@H](O)[C@]1(C)O. The van der Waals surface area contributed by atoms with Crippen LogP contribution in [0.2, 0.25) is 0 Å². The summed E-state index contributed by atoms with van der Waals surface area (Å²) in [6.45, 7) is 17.5. The molecule has 18 atom stereocenters. The summed E-state index contributed by atoms with van der Waals surface area (Å²) in [5, 5.41) is 68.1. The van der Waals surface area contributed by atoms with Gasteiger partial charge < -0.3 is 83.5 Å². The molecule has 4 heterocycles. The van der Waals surface area contributed by atoms with Gasteiger partial charge >= 0.3 is 17.9 Å². The summed E-state index contributed by atoms with van der Waals surface area (Å²) in [6.07, 6.45) is -7.65. The Bertz CT molecular complexity index is 2470. The number of hydrogen-bond acceptors (Lipinski definition) is 21. The van der Waals surface area contributed by atoms with E-state index in [9.17, 15) is 44.7 Å². The predicted molar refractivity (Wildman–Crippen MR) is 297 cm³/mol. The molecule has 6 N–H and O–H groups in total. The lowest BCUT2D eigenvalue weighted by Crippen LogP contribution is -2.61. The van der Waals surface area contributed by atoms with E-state index in [0.717, 1.165) is 5.56 Å². The van der Waals surface area contributed by atoms with Gasteiger partial charge in [0, 0.05) is 76.7 Å². The number of benzene rings is 1. The Morgan fingerprint density at radius 3 is 2.23 bits per heavy atom. The van der Waals surface area contributed by atoms with Crippen molar-refractivity contribution in [2.45, 2.75) is 198 Å². The van der Waals surface area contributed by atoms with Crippen LogP contribution in [-0.2, 0) is 58.7 Å². The number of likely N-dealkylation sites (N-methyl/N-ethyl adjacent to an activating group) is 1. The van der Waals surface area contributed by atoms with Crippen molar-refractivity contribution in [3.05, 3.63) is 45.7 Å². The summed E-state index contributed by atoms with van der Waals surface area (Å²) in [4.78, 5) is 60.5. The molecule has 5 rings (SSSR count). The Hall–Kier alpha value is -4.37. The van der Waals surface area contributed by atoms with E-state index in [4.69, 9.17) is 42.7 Å². The molecule has 3 aliphatic rings. The number of carbonyl (C=O) groups excluding carboxylic acids is 2. The molecule has 3 aliphatic heterocycles. The maximum absolute atomic E-state index is 14.6. The fourth-order valence-corrected chi connectivity index (χ4v) is 11.9. The number of carboxylic acids is 1. The van der Waals surface area contributed by atoms with Crippen LogP contribution in [0.3, 0.4) is 0 Å². The zero-order valence-electron chi connectivity index (χ0n) is 49.9. The highest BCUT2D eigenvalue weighted by molar-refractivity contribution is 5.93. The smallest absolute Gasteiger partial charge is 0.341 e. The first kappa shape index (κ1) is 66.4. The Balaban J connectivity index is 1.37. The van der Waals surface area contributed by atoms with Crippen molar-refractivity contribution in [3.8, 4) is 0 Å². The van der Waals surface area contributed by atoms with Gasteiger partial charge in [-0.15, -0.1) is 0 Å². The number of hydrogen-bond donors (Lipinski definition) is 6. The van der Waals surface area contributed by atoms with E-state index in [0.29, 0.717) is 43.3 Å². The van der Waals surface area contributed by atoms with Gasteiger partial charge in [0.1, 0.15) is 29.0 Å². The monoisotopic (exact) mass is 1140 g/mol. The van der Waals surface area contributed by atoms with E-state index in [1.807, 2.05) is 32.0 Å². The maximum atomic E-state index is 14.6. The van der Waals surface area contributed by atoms with E-state index in [-0.39, 0.29) is 55.9 Å². The fourth-order valence-electron chi connectivity index (χ4n) is 11.9. The third kappa shape index (κ3) is 15.6. The van der Waals surface area contributed by atoms with E-state index in [1.54, 1.807) is 91.3 Å². The van der Waals surface area contributed by atoms with E-state index < -0.39 is 119 Å². The maximum Gasteiger partial charge on any atom is 0.341 e. The van der Waals surface area contributed by atoms with Gasteiger partial charge in [-0.1, -0.05) is 38.9 Å². The van der Waals surface area contributed by atoms with Gasteiger partial charge in [-0.2, -0.15) is 0 Å². The fraction of sp³-hybridized carbons (Fsp3) is 0.772. The van der Waals surface area contributed by atoms with Crippen molar-refractivity contribution < 1.29 is 82.6 Å². The number of nitrogens with one attached hydrogen (secondary N) is 1. The second-order valence-corrected chi connectivity index (χ2v) is 23.4. The Morgan fingerprint density at radius 2 is 1.61 bits per heavy atom. The zero-order valence-corrected chi connectivity index (χ0v) is 49.9. The van der Waals surface area contributed by atoms with Crippen LogP contribution in [-0.4, -0.2) is 205 Å². The minimum absolute atomic E-state index is 0.00744. The van der Waals surface area contributed by atoms with E-state index in [1.165, 1.54) is 27.3 Å². The number of cyclic esters (lactones) is 1. The molecular formula is C57H93N5O18. The van der Waals surface area contributed by atoms with E-state index in [2.05, 4.69) is 10.5 Å². The van der Waals surface area contributed by atoms with Crippen LogP contribution in [0.5, 0.6) is 0 Å². The molecule has 3 fully saturated rings. The Kier molecular flexibility index (Phi) is 23.5. The number of oxime groups is 1. The number of esters is 2. The number of nitrogens with zero attached hydrogens (tertiary/aromatic N) is 4. The van der Waals surface area contributed by atoms with Gasteiger partial charge in [0.05, 0.1) is 59.7 Å². The van der Waals surface area contributed by atoms with Crippen LogP contribution in [0.15, 0.2) is 34.3 Å². The Labute approximate surface area is 471 Å². The number of carbonyl (C=O) groups is 3. The van der Waals surface area contributed by atoms with Crippen molar-refractivity contribution >= 4 is 34.5 Å². The predicted octanol–water partition coefficient (Wildman–Crippen LogP) is 3.57. The molecule has 0 radical (unpaired) electrons. The van der Waals surface area contributed by atoms with Crippen molar-refractivity contribution in [2.75, 3.05) is 67.3 Å². The molecule has 0 bridgehead atoms. The highest BCUT2D eigenvalue weighted by atomic mass is 16.7. The number of rotatable bonds is 20. The first-order chi connectivity index (χ1) is 37.4. The number of aliphatic hydroxyl groups excluding tert-OH is 2. The topological polar surface area (TPSA) is 288 Å². The minimum Gasteiger partial charge on any atom is -0.477 e. The highest BCUT2D eigenvalue weighted by Crippen LogP contribution is 2.42. The number of aliphatic hydroxyl groups is 4. The number of methoxy groups -OCH3 is 2. The van der Waals surface area contributed by atoms with Crippen LogP contribution in [0.4, 0.5) is 0 Å². The lowest BCUT2D eigenvalue weighted by molar-refractivity contribution is -0.318. The quantitative estimate of drug-likeness (QED) is 0.0478. The molecule has 1 aromatic heterocycles. The number of aryl methyl sites for hydroxylation is 1. The highest BCUT2D eigenvalue weighted by Gasteiger charge is 2.54. The average molecular weight is 1140 g/mol. The number of carboxylic acid groups (broad SMARTS) is 1. The molecule has 3 saturated heterocycles. The van der Waals surface area contributed by atoms with E-state index >= 15 is 0 Å². The van der Waals surface area contributed by atoms with Gasteiger partial charge in [-0.3, -0.25) is 19.1 Å². The van der Waals surface area contributed by atoms with Gasteiger partial charge in [-0.25, -0.2) is 4.79 Å². The van der Waals surface area contributed by atoms with Crippen molar-refractivity contribution in [2.24, 2.45) is 28.8 Å². The van der Waals surface area contributed by atoms with Gasteiger partial charge in [0.15, 0.2) is 18.7 Å². The van der Waals surface area contributed by atoms with Crippen LogP contribution < -0.4 is 15.8 Å². The number of aromatic nitrogens is 1. The summed E-state index contributed by atoms with van der Waals surface area (Å²) in [5.74, 6) is -6.21. The van der Waals surface area contributed by atoms with Crippen molar-refractivity contribution in [1.29, 1.82) is 0 Å². The second kappa shape index (κ2) is 28.3. The molecule has 23 heteroatoms. The molecule has 0 aliphatic carbocycles. The summed E-state index contributed by atoms with van der Waals surface area (Å²) in [5.41, 5.74) is -4.17. The standard InChI is InChI=1S/C57H93N5O18/c1-17-42-57(10,71)49(66)33(4)45(59-74-30-72-15)31(2)27-55(8,70)50(80-54-47(65)41(60(11)12)25-32(3)75-54)34(5)48(35(6)53(69)77-42)79-44-28-56(9,73-16)51(36(7)76-44)78-43(63)22-24-58-23-18-19-37-20-21-40-38(26-37)46(64)39(52(67)68)29-62(40)61(13)14/h20-21,26,29,31-36,41-42,44,47-51,54,58,65-66,70-71H,17-19,22-25,27-28,30H2,1-16H3,(H,67,68)/t31-,32-,33?,34+,35-,36+,41+,42-,44+,47-,48+,49-,50-,51+,54+,55-,56-,57-/m1/s1. The van der Waals surface area contributed by atoms with Crippen LogP contribution in [0, 0.1) is 23.7 Å². The molecule has 454 valence electrons. The molecule has 1 unspecified atom stereocenters. The zero-order chi connectivity index (χ0) is 59.8. The van der Waals surface area contributed by atoms with Crippen LogP contribution in [0.25, 0.3) is 10.9 Å². The first-order valence-electron chi connectivity index (χ1n) is 28.0. The molecule has 23 nitrogen and oxygen atoms in total. The first-order valence-corrected chi connectivity index (χ1v) is 28.0. The molecule has 0 amide bonds.